The average molecular weight is 134 g/mol. The van der Waals surface area contributed by atoms with Gasteiger partial charge in [-0.15, -0.1) is 0 Å². The van der Waals surface area contributed by atoms with Gasteiger partial charge in [-0.2, -0.15) is 11.8 Å². The highest BCUT2D eigenvalue weighted by Crippen LogP contribution is 1.90. The van der Waals surface area contributed by atoms with Crippen molar-refractivity contribution in [3.05, 3.63) is 0 Å². The van der Waals surface area contributed by atoms with Crippen molar-refractivity contribution in [3.8, 4) is 0 Å². The van der Waals surface area contributed by atoms with Crippen molar-refractivity contribution in [3.63, 3.8) is 0 Å². The van der Waals surface area contributed by atoms with Crippen molar-refractivity contribution in [2.75, 3.05) is 25.2 Å². The molecular formula is C6H14OS. The van der Waals surface area contributed by atoms with Crippen molar-refractivity contribution < 1.29 is 4.74 Å². The molecule has 0 aliphatic heterocycles. The third-order valence-corrected chi connectivity index (χ3v) is 1.36. The Morgan fingerprint density at radius 2 is 2.12 bits per heavy atom. The highest BCUT2D eigenvalue weighted by Gasteiger charge is 1.81. The molecule has 0 unspecified atom stereocenters. The number of ether oxygens (including phenoxy) is 1. The van der Waals surface area contributed by atoms with Crippen molar-refractivity contribution >= 4 is 11.8 Å². The smallest absolute Gasteiger partial charge is 0.0556 e. The van der Waals surface area contributed by atoms with Crippen LogP contribution in [0.5, 0.6) is 0 Å². The van der Waals surface area contributed by atoms with Crippen LogP contribution in [0.25, 0.3) is 0 Å². The fraction of sp³-hybridized carbons (Fsp3) is 1.00. The van der Waals surface area contributed by atoms with Gasteiger partial charge in [0.05, 0.1) is 6.61 Å². The molecule has 0 N–H and O–H groups in total. The molecule has 0 saturated carbocycles. The molecule has 8 heavy (non-hydrogen) atoms. The second kappa shape index (κ2) is 7.31. The summed E-state index contributed by atoms with van der Waals surface area (Å²) in [6, 6.07) is 0. The van der Waals surface area contributed by atoms with Gasteiger partial charge in [0, 0.05) is 12.4 Å². The van der Waals surface area contributed by atoms with Crippen LogP contribution < -0.4 is 0 Å². The fourth-order valence-corrected chi connectivity index (χ4v) is 0.673. The van der Waals surface area contributed by atoms with Gasteiger partial charge in [-0.1, -0.05) is 6.92 Å². The summed E-state index contributed by atoms with van der Waals surface area (Å²) in [6.07, 6.45) is 3.23. The van der Waals surface area contributed by atoms with Gasteiger partial charge in [-0.05, 0) is 12.7 Å². The summed E-state index contributed by atoms with van der Waals surface area (Å²) in [6.45, 7) is 3.95. The molecule has 0 aliphatic rings. The van der Waals surface area contributed by atoms with Crippen molar-refractivity contribution in [2.45, 2.75) is 13.3 Å². The molecule has 1 nitrogen and oxygen atoms in total. The van der Waals surface area contributed by atoms with E-state index in [0.717, 1.165) is 25.4 Å². The monoisotopic (exact) mass is 134 g/mol. The zero-order chi connectivity index (χ0) is 6.24. The van der Waals surface area contributed by atoms with E-state index in [-0.39, 0.29) is 0 Å². The third kappa shape index (κ3) is 6.31. The minimum absolute atomic E-state index is 0.912. The zero-order valence-corrected chi connectivity index (χ0v) is 6.46. The predicted molar refractivity (Wildman–Crippen MR) is 39.5 cm³/mol. The lowest BCUT2D eigenvalue weighted by atomic mass is 10.5. The van der Waals surface area contributed by atoms with Crippen LogP contribution in [0.1, 0.15) is 13.3 Å². The number of rotatable bonds is 5. The number of hydrogen-bond acceptors (Lipinski definition) is 2. The summed E-state index contributed by atoms with van der Waals surface area (Å²) in [5.74, 6) is 1.12. The maximum absolute atomic E-state index is 5.20. The van der Waals surface area contributed by atoms with E-state index < -0.39 is 0 Å². The Labute approximate surface area is 55.8 Å². The first-order chi connectivity index (χ1) is 3.91. The summed E-state index contributed by atoms with van der Waals surface area (Å²) in [5.41, 5.74) is 0. The van der Waals surface area contributed by atoms with Gasteiger partial charge in [-0.3, -0.25) is 0 Å². The topological polar surface area (TPSA) is 9.23 Å². The first-order valence-electron chi connectivity index (χ1n) is 2.98. The Bertz CT molecular complexity index is 33.5. The average Bonchev–Trinajstić information content (AvgIpc) is 1.81. The van der Waals surface area contributed by atoms with Crippen LogP contribution in [0.4, 0.5) is 0 Å². The van der Waals surface area contributed by atoms with Crippen LogP contribution in [-0.4, -0.2) is 25.2 Å². The lowest BCUT2D eigenvalue weighted by molar-refractivity contribution is 0.151. The maximum atomic E-state index is 5.20. The molecule has 0 aromatic rings. The molecule has 0 aromatic heterocycles. The van der Waals surface area contributed by atoms with Gasteiger partial charge >= 0.3 is 0 Å². The molecular weight excluding hydrogens is 120 g/mol. The first kappa shape index (κ1) is 8.31. The largest absolute Gasteiger partial charge is 0.381 e. The van der Waals surface area contributed by atoms with Gasteiger partial charge in [-0.25, -0.2) is 0 Å². The summed E-state index contributed by atoms with van der Waals surface area (Å²) in [4.78, 5) is 0. The Morgan fingerprint density at radius 3 is 2.62 bits per heavy atom. The molecule has 0 rings (SSSR count). The first-order valence-corrected chi connectivity index (χ1v) is 4.38. The summed E-state index contributed by atoms with van der Waals surface area (Å²) in [5, 5.41) is 0. The molecule has 0 heterocycles. The predicted octanol–water partition coefficient (Wildman–Crippen LogP) is 1.78. The molecule has 0 radical (unpaired) electrons. The van der Waals surface area contributed by atoms with Crippen molar-refractivity contribution in [2.24, 2.45) is 0 Å². The van der Waals surface area contributed by atoms with Crippen LogP contribution in [0.3, 0.4) is 0 Å². The third-order valence-electron chi connectivity index (χ3n) is 0.780. The minimum Gasteiger partial charge on any atom is -0.381 e. The molecule has 0 bridgehead atoms. The second-order valence-electron chi connectivity index (χ2n) is 1.61. The Kier molecular flexibility index (Phi) is 7.59. The summed E-state index contributed by atoms with van der Waals surface area (Å²) >= 11 is 1.83. The van der Waals surface area contributed by atoms with Crippen molar-refractivity contribution in [1.82, 2.24) is 0 Å². The van der Waals surface area contributed by atoms with Gasteiger partial charge < -0.3 is 4.74 Å². The Balaban J connectivity index is 2.53. The fourth-order valence-electron chi connectivity index (χ4n) is 0.389. The van der Waals surface area contributed by atoms with Gasteiger partial charge in [0.15, 0.2) is 0 Å². The minimum atomic E-state index is 0.912. The highest BCUT2D eigenvalue weighted by molar-refractivity contribution is 7.98. The van der Waals surface area contributed by atoms with Crippen LogP contribution in [0.15, 0.2) is 0 Å². The van der Waals surface area contributed by atoms with Crippen molar-refractivity contribution in [1.29, 1.82) is 0 Å². The normalized spacial score (nSPS) is 9.75. The van der Waals surface area contributed by atoms with E-state index in [0.29, 0.717) is 0 Å². The van der Waals surface area contributed by atoms with E-state index in [9.17, 15) is 0 Å². The quantitative estimate of drug-likeness (QED) is 0.530. The molecule has 50 valence electrons. The van der Waals surface area contributed by atoms with Gasteiger partial charge in [0.2, 0.25) is 0 Å². The molecule has 2 heteroatoms. The van der Waals surface area contributed by atoms with Crippen LogP contribution in [0, 0.1) is 0 Å². The molecule has 0 saturated heterocycles. The Morgan fingerprint density at radius 1 is 1.38 bits per heavy atom. The van der Waals surface area contributed by atoms with Crippen LogP contribution in [0.2, 0.25) is 0 Å². The Hall–Kier alpha value is 0.310. The number of thioether (sulfide) groups is 1. The van der Waals surface area contributed by atoms with E-state index in [1.54, 1.807) is 0 Å². The lowest BCUT2D eigenvalue weighted by Gasteiger charge is -1.97. The molecule has 0 spiro atoms. The van der Waals surface area contributed by atoms with E-state index in [1.807, 2.05) is 11.8 Å². The molecule has 0 amide bonds. The van der Waals surface area contributed by atoms with Crippen LogP contribution >= 0.6 is 11.8 Å². The van der Waals surface area contributed by atoms with Crippen LogP contribution in [-0.2, 0) is 4.74 Å². The molecule has 0 atom stereocenters. The maximum Gasteiger partial charge on any atom is 0.0556 e. The van der Waals surface area contributed by atoms with Gasteiger partial charge in [0.25, 0.3) is 0 Å². The lowest BCUT2D eigenvalue weighted by Crippen LogP contribution is -1.96. The zero-order valence-electron chi connectivity index (χ0n) is 5.64. The number of hydrogen-bond donors (Lipinski definition) is 0. The van der Waals surface area contributed by atoms with Gasteiger partial charge in [0.1, 0.15) is 0 Å². The molecule has 0 aromatic carbocycles. The van der Waals surface area contributed by atoms with E-state index in [4.69, 9.17) is 4.74 Å². The second-order valence-corrected chi connectivity index (χ2v) is 2.59. The highest BCUT2D eigenvalue weighted by atomic mass is 32.2. The standard InChI is InChI=1S/C6H14OS/c1-3-4-7-5-6-8-2/h3-6H2,1-2H3. The van der Waals surface area contributed by atoms with E-state index in [1.165, 1.54) is 0 Å². The van der Waals surface area contributed by atoms with E-state index >= 15 is 0 Å². The summed E-state index contributed by atoms with van der Waals surface area (Å²) < 4.78 is 5.20. The molecule has 0 fully saturated rings. The summed E-state index contributed by atoms with van der Waals surface area (Å²) in [7, 11) is 0. The van der Waals surface area contributed by atoms with E-state index in [2.05, 4.69) is 13.2 Å². The SMILES string of the molecule is CCCOCCSC. The molecule has 0 aliphatic carbocycles.